The molecule has 3 heteroatoms. The monoisotopic (exact) mass is 305 g/mol. The predicted octanol–water partition coefficient (Wildman–Crippen LogP) is 5.18. The smallest absolute Gasteiger partial charge is 0.128 e. The summed E-state index contributed by atoms with van der Waals surface area (Å²) in [5.74, 6) is -0.228. The molecule has 1 atom stereocenters. The minimum absolute atomic E-state index is 0.177. The molecule has 0 amide bonds. The molecule has 0 saturated carbocycles. The Morgan fingerprint density at radius 2 is 1.86 bits per heavy atom. The van der Waals surface area contributed by atoms with Crippen LogP contribution in [0, 0.1) is 19.7 Å². The normalized spacial score (nSPS) is 12.4. The van der Waals surface area contributed by atoms with Crippen molar-refractivity contribution in [3.05, 3.63) is 69.5 Å². The number of nitrogens with one attached hydrogen (secondary N) is 1. The lowest BCUT2D eigenvalue weighted by molar-refractivity contribution is 0.545. The molecule has 0 aliphatic carbocycles. The van der Waals surface area contributed by atoms with Gasteiger partial charge in [0, 0.05) is 10.6 Å². The van der Waals surface area contributed by atoms with E-state index in [1.54, 1.807) is 12.1 Å². The van der Waals surface area contributed by atoms with Crippen molar-refractivity contribution in [2.45, 2.75) is 33.2 Å². The van der Waals surface area contributed by atoms with Crippen LogP contribution in [0.4, 0.5) is 4.39 Å². The van der Waals surface area contributed by atoms with Gasteiger partial charge < -0.3 is 5.32 Å². The summed E-state index contributed by atoms with van der Waals surface area (Å²) in [6.45, 7) is 7.03. The fraction of sp³-hybridized carbons (Fsp3) is 0.333. The molecule has 0 fully saturated rings. The summed E-state index contributed by atoms with van der Waals surface area (Å²) in [7, 11) is 0. The van der Waals surface area contributed by atoms with E-state index in [-0.39, 0.29) is 11.9 Å². The summed E-state index contributed by atoms with van der Waals surface area (Å²) in [4.78, 5) is 0. The molecule has 1 unspecified atom stereocenters. The van der Waals surface area contributed by atoms with Crippen molar-refractivity contribution in [3.8, 4) is 0 Å². The first-order chi connectivity index (χ1) is 10.0. The zero-order valence-corrected chi connectivity index (χ0v) is 13.5. The Bertz CT molecular complexity index is 573. The van der Waals surface area contributed by atoms with Gasteiger partial charge in [-0.1, -0.05) is 42.3 Å². The summed E-state index contributed by atoms with van der Waals surface area (Å²) in [5.41, 5.74) is 4.02. The van der Waals surface area contributed by atoms with Crippen LogP contribution in [-0.4, -0.2) is 6.54 Å². The van der Waals surface area contributed by atoms with E-state index < -0.39 is 0 Å². The van der Waals surface area contributed by atoms with Gasteiger partial charge in [-0.2, -0.15) is 0 Å². The Morgan fingerprint density at radius 1 is 1.10 bits per heavy atom. The van der Waals surface area contributed by atoms with E-state index >= 15 is 0 Å². The van der Waals surface area contributed by atoms with Gasteiger partial charge in [0.2, 0.25) is 0 Å². The number of hydrogen-bond acceptors (Lipinski definition) is 1. The van der Waals surface area contributed by atoms with Crippen LogP contribution in [0.5, 0.6) is 0 Å². The SMILES string of the molecule is CCCNC(c1cc(C)ccc1C)c1cc(Cl)ccc1F. The quantitative estimate of drug-likeness (QED) is 0.802. The van der Waals surface area contributed by atoms with Crippen LogP contribution in [0.2, 0.25) is 5.02 Å². The first-order valence-corrected chi connectivity index (χ1v) is 7.66. The highest BCUT2D eigenvalue weighted by molar-refractivity contribution is 6.30. The number of benzene rings is 2. The molecule has 21 heavy (non-hydrogen) atoms. The van der Waals surface area contributed by atoms with Gasteiger partial charge >= 0.3 is 0 Å². The van der Waals surface area contributed by atoms with Crippen LogP contribution < -0.4 is 5.32 Å². The Hall–Kier alpha value is -1.38. The maximum atomic E-state index is 14.3. The first-order valence-electron chi connectivity index (χ1n) is 7.28. The lowest BCUT2D eigenvalue weighted by atomic mass is 9.93. The number of hydrogen-bond donors (Lipinski definition) is 1. The van der Waals surface area contributed by atoms with Gasteiger partial charge in [-0.3, -0.25) is 0 Å². The van der Waals surface area contributed by atoms with Crippen LogP contribution >= 0.6 is 11.6 Å². The lowest BCUT2D eigenvalue weighted by Crippen LogP contribution is -2.25. The standard InChI is InChI=1S/C18H21ClFN/c1-4-9-21-18(15-10-12(2)5-6-13(15)3)16-11-14(19)7-8-17(16)20/h5-8,10-11,18,21H,4,9H2,1-3H3. The molecular formula is C18H21ClFN. The van der Waals surface area contributed by atoms with E-state index in [0.717, 1.165) is 24.1 Å². The lowest BCUT2D eigenvalue weighted by Gasteiger charge is -2.22. The minimum Gasteiger partial charge on any atom is -0.306 e. The molecule has 0 bridgehead atoms. The molecule has 1 nitrogen and oxygen atoms in total. The second-order valence-electron chi connectivity index (χ2n) is 5.41. The van der Waals surface area contributed by atoms with Gasteiger partial charge in [0.1, 0.15) is 5.82 Å². The molecule has 2 aromatic carbocycles. The number of rotatable bonds is 5. The van der Waals surface area contributed by atoms with E-state index in [4.69, 9.17) is 11.6 Å². The zero-order chi connectivity index (χ0) is 15.4. The largest absolute Gasteiger partial charge is 0.306 e. The molecule has 0 saturated heterocycles. The van der Waals surface area contributed by atoms with Gasteiger partial charge in [-0.15, -0.1) is 0 Å². The summed E-state index contributed by atoms with van der Waals surface area (Å²) >= 11 is 6.06. The average molecular weight is 306 g/mol. The molecule has 0 aliphatic rings. The molecule has 0 radical (unpaired) electrons. The zero-order valence-electron chi connectivity index (χ0n) is 12.7. The molecule has 1 N–H and O–H groups in total. The van der Waals surface area contributed by atoms with Crippen molar-refractivity contribution in [1.29, 1.82) is 0 Å². The molecule has 2 rings (SSSR count). The van der Waals surface area contributed by atoms with Crippen LogP contribution in [0.1, 0.15) is 41.6 Å². The van der Waals surface area contributed by atoms with Crippen molar-refractivity contribution in [1.82, 2.24) is 5.32 Å². The van der Waals surface area contributed by atoms with Gasteiger partial charge in [0.05, 0.1) is 6.04 Å². The molecule has 0 aromatic heterocycles. The Balaban J connectivity index is 2.52. The first kappa shape index (κ1) is 16.0. The van der Waals surface area contributed by atoms with Gasteiger partial charge in [0.25, 0.3) is 0 Å². The number of halogens is 2. The maximum Gasteiger partial charge on any atom is 0.128 e. The van der Waals surface area contributed by atoms with Crippen molar-refractivity contribution in [2.24, 2.45) is 0 Å². The molecule has 0 spiro atoms. The highest BCUT2D eigenvalue weighted by Crippen LogP contribution is 2.29. The van der Waals surface area contributed by atoms with Gasteiger partial charge in [-0.25, -0.2) is 4.39 Å². The fourth-order valence-corrected chi connectivity index (χ4v) is 2.66. The van der Waals surface area contributed by atoms with Crippen LogP contribution in [0.15, 0.2) is 36.4 Å². The second kappa shape index (κ2) is 7.06. The third-order valence-electron chi connectivity index (χ3n) is 3.61. The summed E-state index contributed by atoms with van der Waals surface area (Å²) < 4.78 is 14.3. The minimum atomic E-state index is -0.228. The third-order valence-corrected chi connectivity index (χ3v) is 3.85. The van der Waals surface area contributed by atoms with E-state index in [1.807, 2.05) is 6.92 Å². The highest BCUT2D eigenvalue weighted by atomic mass is 35.5. The van der Waals surface area contributed by atoms with E-state index in [1.165, 1.54) is 11.6 Å². The van der Waals surface area contributed by atoms with Crippen molar-refractivity contribution in [2.75, 3.05) is 6.54 Å². The highest BCUT2D eigenvalue weighted by Gasteiger charge is 2.19. The van der Waals surface area contributed by atoms with Crippen molar-refractivity contribution < 1.29 is 4.39 Å². The van der Waals surface area contributed by atoms with Crippen LogP contribution in [-0.2, 0) is 0 Å². The maximum absolute atomic E-state index is 14.3. The van der Waals surface area contributed by atoms with E-state index in [2.05, 4.69) is 37.4 Å². The summed E-state index contributed by atoms with van der Waals surface area (Å²) in [6, 6.07) is 10.8. The summed E-state index contributed by atoms with van der Waals surface area (Å²) in [5, 5.41) is 4.00. The van der Waals surface area contributed by atoms with Crippen LogP contribution in [0.3, 0.4) is 0 Å². The topological polar surface area (TPSA) is 12.0 Å². The molecular weight excluding hydrogens is 285 g/mol. The van der Waals surface area contributed by atoms with Crippen LogP contribution in [0.25, 0.3) is 0 Å². The molecule has 2 aromatic rings. The Morgan fingerprint density at radius 3 is 2.57 bits per heavy atom. The second-order valence-corrected chi connectivity index (χ2v) is 5.85. The fourth-order valence-electron chi connectivity index (χ4n) is 2.48. The Kier molecular flexibility index (Phi) is 5.38. The van der Waals surface area contributed by atoms with Crippen molar-refractivity contribution in [3.63, 3.8) is 0 Å². The summed E-state index contributed by atoms with van der Waals surface area (Å²) in [6.07, 6.45) is 0.990. The van der Waals surface area contributed by atoms with Crippen molar-refractivity contribution >= 4 is 11.6 Å². The Labute approximate surface area is 131 Å². The molecule has 112 valence electrons. The van der Waals surface area contributed by atoms with Gasteiger partial charge in [-0.05, 0) is 56.1 Å². The van der Waals surface area contributed by atoms with Gasteiger partial charge in [0.15, 0.2) is 0 Å². The molecule has 0 aliphatic heterocycles. The third kappa shape index (κ3) is 3.84. The number of aryl methyl sites for hydroxylation is 2. The average Bonchev–Trinajstić information content (AvgIpc) is 2.46. The van der Waals surface area contributed by atoms with E-state index in [9.17, 15) is 4.39 Å². The predicted molar refractivity (Wildman–Crippen MR) is 87.5 cm³/mol. The molecule has 0 heterocycles. The van der Waals surface area contributed by atoms with E-state index in [0.29, 0.717) is 10.6 Å².